The lowest BCUT2D eigenvalue weighted by Gasteiger charge is -2.33. The van der Waals surface area contributed by atoms with Crippen molar-refractivity contribution >= 4 is 31.6 Å². The van der Waals surface area contributed by atoms with Crippen molar-refractivity contribution in [2.24, 2.45) is 0 Å². The van der Waals surface area contributed by atoms with Crippen molar-refractivity contribution in [3.8, 4) is 0 Å². The highest BCUT2D eigenvalue weighted by Gasteiger charge is 2.34. The number of benzene rings is 1. The zero-order valence-electron chi connectivity index (χ0n) is 11.4. The number of hydrogen-bond donors (Lipinski definition) is 1. The van der Waals surface area contributed by atoms with E-state index in [1.165, 1.54) is 10.4 Å². The number of nitrogens with two attached hydrogens (primary N) is 1. The molecule has 0 spiro atoms. The van der Waals surface area contributed by atoms with Gasteiger partial charge in [0.05, 0.1) is 5.69 Å². The summed E-state index contributed by atoms with van der Waals surface area (Å²) in [7, 11) is -3.65. The fourth-order valence-electron chi connectivity index (χ4n) is 1.72. The van der Waals surface area contributed by atoms with E-state index in [4.69, 9.17) is 5.73 Å². The molecule has 0 aliphatic heterocycles. The van der Waals surface area contributed by atoms with Crippen LogP contribution >= 0.6 is 15.9 Å². The lowest BCUT2D eigenvalue weighted by Crippen LogP contribution is -2.45. The van der Waals surface area contributed by atoms with Gasteiger partial charge in [0.2, 0.25) is 10.0 Å². The number of rotatable bonds is 4. The lowest BCUT2D eigenvalue weighted by molar-refractivity contribution is 0.270. The molecule has 2 N–H and O–H groups in total. The van der Waals surface area contributed by atoms with Gasteiger partial charge in [0.25, 0.3) is 0 Å². The first-order chi connectivity index (χ1) is 8.60. The van der Waals surface area contributed by atoms with Crippen LogP contribution in [-0.2, 0) is 10.0 Å². The average molecular weight is 347 g/mol. The lowest BCUT2D eigenvalue weighted by atomic mass is 10.1. The summed E-state index contributed by atoms with van der Waals surface area (Å²) in [4.78, 5) is 0.118. The molecule has 106 valence electrons. The van der Waals surface area contributed by atoms with Crippen LogP contribution in [0, 0.1) is 0 Å². The summed E-state index contributed by atoms with van der Waals surface area (Å²) in [5.74, 6) is 0. The molecular formula is C13H19BrN2O2S. The molecule has 19 heavy (non-hydrogen) atoms. The minimum atomic E-state index is -3.65. The van der Waals surface area contributed by atoms with E-state index in [0.717, 1.165) is 4.47 Å². The van der Waals surface area contributed by atoms with E-state index < -0.39 is 15.6 Å². The van der Waals surface area contributed by atoms with Gasteiger partial charge in [-0.1, -0.05) is 22.0 Å². The molecule has 1 aromatic carbocycles. The highest BCUT2D eigenvalue weighted by atomic mass is 79.9. The van der Waals surface area contributed by atoms with Gasteiger partial charge in [-0.25, -0.2) is 8.42 Å². The topological polar surface area (TPSA) is 63.4 Å². The van der Waals surface area contributed by atoms with Crippen LogP contribution in [0.15, 0.2) is 40.2 Å². The summed E-state index contributed by atoms with van der Waals surface area (Å²) < 4.78 is 27.5. The maximum absolute atomic E-state index is 12.7. The molecule has 0 heterocycles. The molecule has 0 aliphatic rings. The van der Waals surface area contributed by atoms with Gasteiger partial charge in [0.1, 0.15) is 4.90 Å². The van der Waals surface area contributed by atoms with Gasteiger partial charge in [-0.15, -0.1) is 6.58 Å². The summed E-state index contributed by atoms with van der Waals surface area (Å²) in [5.41, 5.74) is 5.50. The molecule has 0 atom stereocenters. The number of nitrogens with zero attached hydrogens (tertiary/aromatic N) is 1. The van der Waals surface area contributed by atoms with Crippen LogP contribution in [0.25, 0.3) is 0 Å². The first-order valence-electron chi connectivity index (χ1n) is 5.79. The second-order valence-electron chi connectivity index (χ2n) is 5.18. The number of anilines is 1. The quantitative estimate of drug-likeness (QED) is 0.673. The first-order valence-corrected chi connectivity index (χ1v) is 8.03. The van der Waals surface area contributed by atoms with Crippen LogP contribution in [0.3, 0.4) is 0 Å². The predicted octanol–water partition coefficient (Wildman–Crippen LogP) is 3.01. The number of hydrogen-bond acceptors (Lipinski definition) is 3. The van der Waals surface area contributed by atoms with Gasteiger partial charge in [0.15, 0.2) is 0 Å². The van der Waals surface area contributed by atoms with E-state index in [0.29, 0.717) is 0 Å². The molecule has 0 fully saturated rings. The standard InChI is InChI=1S/C13H19BrN2O2S/c1-5-8-16(13(2,3)4)19(17,18)12-7-6-10(14)9-11(12)15/h5-7,9H,1,8,15H2,2-4H3. The van der Waals surface area contributed by atoms with Crippen molar-refractivity contribution in [1.82, 2.24) is 4.31 Å². The van der Waals surface area contributed by atoms with E-state index >= 15 is 0 Å². The van der Waals surface area contributed by atoms with Crippen molar-refractivity contribution < 1.29 is 8.42 Å². The molecule has 0 saturated carbocycles. The Kier molecular flexibility index (Phi) is 4.81. The summed E-state index contributed by atoms with van der Waals surface area (Å²) in [6.45, 7) is 9.36. The number of nitrogen functional groups attached to an aromatic ring is 1. The Morgan fingerprint density at radius 3 is 2.42 bits per heavy atom. The fourth-order valence-corrected chi connectivity index (χ4v) is 3.96. The Morgan fingerprint density at radius 2 is 2.00 bits per heavy atom. The maximum Gasteiger partial charge on any atom is 0.245 e. The molecule has 0 aromatic heterocycles. The van der Waals surface area contributed by atoms with Gasteiger partial charge < -0.3 is 5.73 Å². The van der Waals surface area contributed by atoms with E-state index in [-0.39, 0.29) is 17.1 Å². The van der Waals surface area contributed by atoms with Crippen molar-refractivity contribution in [3.05, 3.63) is 35.3 Å². The third kappa shape index (κ3) is 3.58. The largest absolute Gasteiger partial charge is 0.398 e. The SMILES string of the molecule is C=CCN(C(C)(C)C)S(=O)(=O)c1ccc(Br)cc1N. The van der Waals surface area contributed by atoms with Crippen molar-refractivity contribution in [3.63, 3.8) is 0 Å². The summed E-state index contributed by atoms with van der Waals surface area (Å²) in [6, 6.07) is 4.76. The molecule has 6 heteroatoms. The zero-order chi connectivity index (χ0) is 14.8. The first kappa shape index (κ1) is 16.2. The summed E-state index contributed by atoms with van der Waals surface area (Å²) in [6.07, 6.45) is 1.57. The van der Waals surface area contributed by atoms with E-state index in [2.05, 4.69) is 22.5 Å². The van der Waals surface area contributed by atoms with Crippen LogP contribution in [0.1, 0.15) is 20.8 Å². The zero-order valence-corrected chi connectivity index (χ0v) is 13.8. The van der Waals surface area contributed by atoms with Gasteiger partial charge in [0, 0.05) is 16.6 Å². The van der Waals surface area contributed by atoms with Crippen LogP contribution < -0.4 is 5.73 Å². The van der Waals surface area contributed by atoms with Crippen LogP contribution in [0.2, 0.25) is 0 Å². The fraction of sp³-hybridized carbons (Fsp3) is 0.385. The Hall–Kier alpha value is -0.850. The normalized spacial score (nSPS) is 12.7. The summed E-state index contributed by atoms with van der Waals surface area (Å²) in [5, 5.41) is 0. The second-order valence-corrected chi connectivity index (χ2v) is 7.92. The van der Waals surface area contributed by atoms with Crippen LogP contribution in [-0.4, -0.2) is 24.8 Å². The molecular weight excluding hydrogens is 328 g/mol. The molecule has 0 saturated heterocycles. The van der Waals surface area contributed by atoms with E-state index in [9.17, 15) is 8.42 Å². The molecule has 4 nitrogen and oxygen atoms in total. The molecule has 0 radical (unpaired) electrons. The minimum Gasteiger partial charge on any atom is -0.398 e. The Balaban J connectivity index is 3.39. The minimum absolute atomic E-state index is 0.118. The highest BCUT2D eigenvalue weighted by Crippen LogP contribution is 2.29. The Morgan fingerprint density at radius 1 is 1.42 bits per heavy atom. The molecule has 1 aromatic rings. The molecule has 0 amide bonds. The Labute approximate surface area is 123 Å². The smallest absolute Gasteiger partial charge is 0.245 e. The number of sulfonamides is 1. The monoisotopic (exact) mass is 346 g/mol. The van der Waals surface area contributed by atoms with E-state index in [1.54, 1.807) is 18.2 Å². The summed E-state index contributed by atoms with van der Waals surface area (Å²) >= 11 is 3.27. The number of halogens is 1. The second kappa shape index (κ2) is 5.64. The molecule has 1 rings (SSSR count). The predicted molar refractivity (Wildman–Crippen MR) is 82.4 cm³/mol. The van der Waals surface area contributed by atoms with E-state index in [1.807, 2.05) is 20.8 Å². The average Bonchev–Trinajstić information content (AvgIpc) is 2.23. The van der Waals surface area contributed by atoms with Crippen molar-refractivity contribution in [2.75, 3.05) is 12.3 Å². The highest BCUT2D eigenvalue weighted by molar-refractivity contribution is 9.10. The van der Waals surface area contributed by atoms with Crippen molar-refractivity contribution in [1.29, 1.82) is 0 Å². The van der Waals surface area contributed by atoms with Crippen molar-refractivity contribution in [2.45, 2.75) is 31.2 Å². The van der Waals surface area contributed by atoms with Gasteiger partial charge in [-0.3, -0.25) is 0 Å². The van der Waals surface area contributed by atoms with Gasteiger partial charge >= 0.3 is 0 Å². The molecule has 0 aliphatic carbocycles. The maximum atomic E-state index is 12.7. The Bertz CT molecular complexity index is 577. The molecule has 0 unspecified atom stereocenters. The van der Waals surface area contributed by atoms with Crippen LogP contribution in [0.4, 0.5) is 5.69 Å². The van der Waals surface area contributed by atoms with Gasteiger partial charge in [-0.2, -0.15) is 4.31 Å². The van der Waals surface area contributed by atoms with Gasteiger partial charge in [-0.05, 0) is 39.0 Å². The van der Waals surface area contributed by atoms with Crippen LogP contribution in [0.5, 0.6) is 0 Å². The third-order valence-electron chi connectivity index (χ3n) is 2.58. The third-order valence-corrected chi connectivity index (χ3v) is 5.28. The molecule has 0 bridgehead atoms.